The second-order valence-corrected chi connectivity index (χ2v) is 6.72. The van der Waals surface area contributed by atoms with Crippen molar-refractivity contribution in [3.63, 3.8) is 0 Å². The van der Waals surface area contributed by atoms with Crippen molar-refractivity contribution in [3.05, 3.63) is 53.4 Å². The first-order valence-electron chi connectivity index (χ1n) is 9.05. The molecule has 1 atom stereocenters. The molecule has 27 heavy (non-hydrogen) atoms. The third-order valence-corrected chi connectivity index (χ3v) is 5.00. The molecule has 0 bridgehead atoms. The van der Waals surface area contributed by atoms with Crippen LogP contribution in [0.4, 0.5) is 5.82 Å². The summed E-state index contributed by atoms with van der Waals surface area (Å²) in [5.41, 5.74) is 1.11. The number of carbonyl (C=O) groups excluding carboxylic acids is 1. The van der Waals surface area contributed by atoms with Crippen LogP contribution < -0.4 is 16.0 Å². The summed E-state index contributed by atoms with van der Waals surface area (Å²) in [5, 5.41) is 3.07. The van der Waals surface area contributed by atoms with E-state index in [1.165, 1.54) is 4.57 Å². The van der Waals surface area contributed by atoms with Gasteiger partial charge in [-0.15, -0.1) is 0 Å². The highest BCUT2D eigenvalue weighted by atomic mass is 16.4. The third-order valence-electron chi connectivity index (χ3n) is 5.00. The van der Waals surface area contributed by atoms with Crippen molar-refractivity contribution >= 4 is 22.8 Å². The Labute approximate surface area is 155 Å². The molecule has 1 aromatic carbocycles. The number of hydrogen-bond acceptors (Lipinski definition) is 6. The van der Waals surface area contributed by atoms with Crippen molar-refractivity contribution < 1.29 is 9.21 Å². The Morgan fingerprint density at radius 1 is 1.26 bits per heavy atom. The molecule has 8 heteroatoms. The monoisotopic (exact) mass is 367 g/mol. The summed E-state index contributed by atoms with van der Waals surface area (Å²) in [6.45, 7) is 3.31. The number of nitrogens with zero attached hydrogens (tertiary/aromatic N) is 4. The van der Waals surface area contributed by atoms with E-state index in [1.807, 2.05) is 6.07 Å². The number of para-hydroxylation sites is 2. The van der Waals surface area contributed by atoms with Gasteiger partial charge in [0.05, 0.1) is 11.7 Å². The molecule has 0 radical (unpaired) electrons. The molecule has 0 spiro atoms. The van der Waals surface area contributed by atoms with Gasteiger partial charge in [0.25, 0.3) is 0 Å². The number of benzene rings is 1. The van der Waals surface area contributed by atoms with Gasteiger partial charge in [0.15, 0.2) is 5.58 Å². The van der Waals surface area contributed by atoms with Gasteiger partial charge in [-0.2, -0.15) is 0 Å². The lowest BCUT2D eigenvalue weighted by Crippen LogP contribution is -2.47. The Kier molecular flexibility index (Phi) is 4.62. The van der Waals surface area contributed by atoms with E-state index in [4.69, 9.17) is 4.42 Å². The molecule has 3 heterocycles. The van der Waals surface area contributed by atoms with E-state index in [-0.39, 0.29) is 11.9 Å². The summed E-state index contributed by atoms with van der Waals surface area (Å²) in [5.74, 6) is 0.157. The van der Waals surface area contributed by atoms with Crippen LogP contribution in [0.2, 0.25) is 0 Å². The number of rotatable bonds is 4. The molecule has 2 aromatic heterocycles. The highest BCUT2D eigenvalue weighted by Crippen LogP contribution is 2.19. The largest absolute Gasteiger partial charge is 0.420 e. The van der Waals surface area contributed by atoms with Gasteiger partial charge < -0.3 is 14.6 Å². The van der Waals surface area contributed by atoms with Crippen molar-refractivity contribution in [1.29, 1.82) is 0 Å². The van der Waals surface area contributed by atoms with Gasteiger partial charge in [-0.3, -0.25) is 14.3 Å². The van der Waals surface area contributed by atoms with Crippen LogP contribution in [0, 0.1) is 0 Å². The molecule has 0 aliphatic carbocycles. The summed E-state index contributed by atoms with van der Waals surface area (Å²) in [6.07, 6.45) is 6.71. The number of oxazole rings is 1. The Morgan fingerprint density at radius 3 is 2.78 bits per heavy atom. The molecule has 140 valence electrons. The average molecular weight is 367 g/mol. The molecule has 1 N–H and O–H groups in total. The number of anilines is 1. The lowest BCUT2D eigenvalue weighted by Gasteiger charge is -2.33. The predicted octanol–water partition coefficient (Wildman–Crippen LogP) is 1.73. The van der Waals surface area contributed by atoms with Crippen LogP contribution in [-0.4, -0.2) is 39.6 Å². The van der Waals surface area contributed by atoms with Crippen LogP contribution in [0.3, 0.4) is 0 Å². The zero-order valence-electron chi connectivity index (χ0n) is 15.0. The topological polar surface area (TPSA) is 93.3 Å². The fraction of sp³-hybridized carbons (Fsp3) is 0.368. The van der Waals surface area contributed by atoms with E-state index >= 15 is 0 Å². The second kappa shape index (κ2) is 7.22. The minimum absolute atomic E-state index is 0.0711. The van der Waals surface area contributed by atoms with E-state index < -0.39 is 11.8 Å². The molecule has 0 unspecified atom stereocenters. The van der Waals surface area contributed by atoms with E-state index in [1.54, 1.807) is 43.7 Å². The Balaban J connectivity index is 1.41. The van der Waals surface area contributed by atoms with Gasteiger partial charge in [-0.05, 0) is 31.9 Å². The van der Waals surface area contributed by atoms with Crippen molar-refractivity contribution in [1.82, 2.24) is 19.9 Å². The van der Waals surface area contributed by atoms with Gasteiger partial charge in [0.1, 0.15) is 11.9 Å². The Morgan fingerprint density at radius 2 is 2.04 bits per heavy atom. The van der Waals surface area contributed by atoms with Crippen molar-refractivity contribution in [3.8, 4) is 0 Å². The first kappa shape index (κ1) is 17.3. The second-order valence-electron chi connectivity index (χ2n) is 6.72. The molecule has 1 fully saturated rings. The first-order valence-corrected chi connectivity index (χ1v) is 9.05. The summed E-state index contributed by atoms with van der Waals surface area (Å²) < 4.78 is 6.63. The number of carbonyl (C=O) groups is 1. The van der Waals surface area contributed by atoms with E-state index in [2.05, 4.69) is 20.2 Å². The molecule has 4 rings (SSSR count). The van der Waals surface area contributed by atoms with Gasteiger partial charge in [-0.1, -0.05) is 12.1 Å². The standard InChI is InChI=1S/C19H21N5O3/c1-13(24-15-4-2-3-5-16(15)27-19(24)26)18(25)22-14-6-10-23(11-7-14)17-12-20-8-9-21-17/h2-5,8-9,12-14H,6-7,10-11H2,1H3,(H,22,25)/t13-/m0/s1. The number of piperidine rings is 1. The molecule has 0 saturated carbocycles. The SMILES string of the molecule is C[C@@H](C(=O)NC1CCN(c2cnccn2)CC1)n1c(=O)oc2ccccc21. The molecule has 1 saturated heterocycles. The molecule has 1 amide bonds. The molecule has 3 aromatic rings. The van der Waals surface area contributed by atoms with Crippen molar-refractivity contribution in [2.75, 3.05) is 18.0 Å². The summed E-state index contributed by atoms with van der Waals surface area (Å²) >= 11 is 0. The summed E-state index contributed by atoms with van der Waals surface area (Å²) in [7, 11) is 0. The quantitative estimate of drug-likeness (QED) is 0.755. The van der Waals surface area contributed by atoms with Crippen LogP contribution in [-0.2, 0) is 4.79 Å². The Bertz CT molecular complexity index is 989. The molecule has 1 aliphatic rings. The average Bonchev–Trinajstić information content (AvgIpc) is 3.04. The van der Waals surface area contributed by atoms with E-state index in [0.29, 0.717) is 11.1 Å². The van der Waals surface area contributed by atoms with Gasteiger partial charge in [0.2, 0.25) is 5.91 Å². The third kappa shape index (κ3) is 3.42. The maximum Gasteiger partial charge on any atom is 0.420 e. The molecular formula is C19H21N5O3. The number of fused-ring (bicyclic) bond motifs is 1. The number of aromatic nitrogens is 3. The highest BCUT2D eigenvalue weighted by Gasteiger charge is 2.26. The smallest absolute Gasteiger partial charge is 0.408 e. The van der Waals surface area contributed by atoms with Crippen LogP contribution in [0.5, 0.6) is 0 Å². The van der Waals surface area contributed by atoms with Crippen LogP contribution >= 0.6 is 0 Å². The van der Waals surface area contributed by atoms with E-state index in [9.17, 15) is 9.59 Å². The fourth-order valence-corrected chi connectivity index (χ4v) is 3.50. The number of amides is 1. The minimum atomic E-state index is -0.640. The lowest BCUT2D eigenvalue weighted by molar-refractivity contribution is -0.124. The van der Waals surface area contributed by atoms with Gasteiger partial charge in [0, 0.05) is 31.5 Å². The molecular weight excluding hydrogens is 346 g/mol. The van der Waals surface area contributed by atoms with Gasteiger partial charge >= 0.3 is 5.76 Å². The zero-order chi connectivity index (χ0) is 18.8. The zero-order valence-corrected chi connectivity index (χ0v) is 15.0. The summed E-state index contributed by atoms with van der Waals surface area (Å²) in [6, 6.07) is 6.55. The number of hydrogen-bond donors (Lipinski definition) is 1. The van der Waals surface area contributed by atoms with Crippen molar-refractivity contribution in [2.24, 2.45) is 0 Å². The minimum Gasteiger partial charge on any atom is -0.408 e. The maximum absolute atomic E-state index is 12.7. The van der Waals surface area contributed by atoms with E-state index in [0.717, 1.165) is 31.7 Å². The van der Waals surface area contributed by atoms with Crippen LogP contribution in [0.25, 0.3) is 11.1 Å². The summed E-state index contributed by atoms with van der Waals surface area (Å²) in [4.78, 5) is 35.5. The van der Waals surface area contributed by atoms with Crippen LogP contribution in [0.1, 0.15) is 25.8 Å². The Hall–Kier alpha value is -3.16. The molecule has 1 aliphatic heterocycles. The maximum atomic E-state index is 12.7. The van der Waals surface area contributed by atoms with Crippen LogP contribution in [0.15, 0.2) is 52.1 Å². The molecule has 8 nitrogen and oxygen atoms in total. The normalized spacial score (nSPS) is 16.4. The fourth-order valence-electron chi connectivity index (χ4n) is 3.50. The lowest BCUT2D eigenvalue weighted by atomic mass is 10.0. The number of nitrogens with one attached hydrogen (secondary N) is 1. The predicted molar refractivity (Wildman–Crippen MR) is 101 cm³/mol. The highest BCUT2D eigenvalue weighted by molar-refractivity contribution is 5.83. The van der Waals surface area contributed by atoms with Gasteiger partial charge in [-0.25, -0.2) is 9.78 Å². The first-order chi connectivity index (χ1) is 13.1. The van der Waals surface area contributed by atoms with Crippen molar-refractivity contribution in [2.45, 2.75) is 31.8 Å².